The van der Waals surface area contributed by atoms with Gasteiger partial charge in [-0.25, -0.2) is 4.98 Å². The van der Waals surface area contributed by atoms with Crippen LogP contribution in [-0.4, -0.2) is 29.4 Å². The standard InChI is InChI=1S/C12H15BrClN3OS/c1-7-9(13)5-10(14)11(16-7)17-12(19)15-6-8-3-2-4-18-8/h5,8H,2-4,6H2,1H3,(H2,15,16,17,19). The monoisotopic (exact) mass is 363 g/mol. The Balaban J connectivity index is 1.89. The Morgan fingerprint density at radius 2 is 2.47 bits per heavy atom. The second-order valence-electron chi connectivity index (χ2n) is 4.36. The van der Waals surface area contributed by atoms with E-state index in [1.54, 1.807) is 6.07 Å². The molecule has 0 saturated carbocycles. The number of aromatic nitrogens is 1. The van der Waals surface area contributed by atoms with Gasteiger partial charge < -0.3 is 15.4 Å². The van der Waals surface area contributed by atoms with Gasteiger partial charge in [0.15, 0.2) is 10.9 Å². The molecule has 1 unspecified atom stereocenters. The average molecular weight is 365 g/mol. The summed E-state index contributed by atoms with van der Waals surface area (Å²) in [6.45, 7) is 3.44. The van der Waals surface area contributed by atoms with Crippen LogP contribution in [0.25, 0.3) is 0 Å². The molecular weight excluding hydrogens is 350 g/mol. The summed E-state index contributed by atoms with van der Waals surface area (Å²) in [5.41, 5.74) is 0.855. The molecule has 1 saturated heterocycles. The van der Waals surface area contributed by atoms with Gasteiger partial charge in [-0.3, -0.25) is 0 Å². The Kier molecular flexibility index (Phi) is 5.38. The molecule has 0 radical (unpaired) electrons. The van der Waals surface area contributed by atoms with E-state index in [0.29, 0.717) is 22.5 Å². The van der Waals surface area contributed by atoms with E-state index in [9.17, 15) is 0 Å². The lowest BCUT2D eigenvalue weighted by molar-refractivity contribution is 0.114. The van der Waals surface area contributed by atoms with Gasteiger partial charge in [-0.15, -0.1) is 0 Å². The first kappa shape index (κ1) is 15.0. The quantitative estimate of drug-likeness (QED) is 0.806. The van der Waals surface area contributed by atoms with E-state index in [1.807, 2.05) is 6.92 Å². The average Bonchev–Trinajstić information content (AvgIpc) is 2.86. The Morgan fingerprint density at radius 3 is 3.16 bits per heavy atom. The number of anilines is 1. The largest absolute Gasteiger partial charge is 0.376 e. The number of ether oxygens (including phenoxy) is 1. The molecule has 0 spiro atoms. The van der Waals surface area contributed by atoms with E-state index in [1.165, 1.54) is 0 Å². The van der Waals surface area contributed by atoms with Crippen molar-refractivity contribution in [2.75, 3.05) is 18.5 Å². The lowest BCUT2D eigenvalue weighted by atomic mass is 10.2. The van der Waals surface area contributed by atoms with Crippen molar-refractivity contribution in [2.45, 2.75) is 25.9 Å². The van der Waals surface area contributed by atoms with Crippen molar-refractivity contribution >= 4 is 50.7 Å². The molecule has 7 heteroatoms. The molecule has 1 atom stereocenters. The summed E-state index contributed by atoms with van der Waals surface area (Å²) >= 11 is 14.7. The van der Waals surface area contributed by atoms with Crippen molar-refractivity contribution in [3.63, 3.8) is 0 Å². The summed E-state index contributed by atoms with van der Waals surface area (Å²) in [5.74, 6) is 0.562. The second-order valence-corrected chi connectivity index (χ2v) is 6.03. The molecule has 1 fully saturated rings. The van der Waals surface area contributed by atoms with Crippen molar-refractivity contribution in [2.24, 2.45) is 0 Å². The summed E-state index contributed by atoms with van der Waals surface area (Å²) in [5, 5.41) is 7.16. The zero-order valence-corrected chi connectivity index (χ0v) is 13.7. The van der Waals surface area contributed by atoms with E-state index in [2.05, 4.69) is 31.5 Å². The van der Waals surface area contributed by atoms with Crippen LogP contribution in [0.5, 0.6) is 0 Å². The predicted molar refractivity (Wildman–Crippen MR) is 84.9 cm³/mol. The predicted octanol–water partition coefficient (Wildman–Crippen LogP) is 3.27. The molecule has 1 aliphatic heterocycles. The first-order valence-corrected chi connectivity index (χ1v) is 7.63. The van der Waals surface area contributed by atoms with E-state index in [-0.39, 0.29) is 6.10 Å². The number of rotatable bonds is 3. The number of nitrogens with one attached hydrogen (secondary N) is 2. The van der Waals surface area contributed by atoms with E-state index in [4.69, 9.17) is 28.6 Å². The molecule has 1 aromatic heterocycles. The summed E-state index contributed by atoms with van der Waals surface area (Å²) < 4.78 is 6.39. The lowest BCUT2D eigenvalue weighted by Crippen LogP contribution is -2.35. The van der Waals surface area contributed by atoms with Crippen LogP contribution in [0.15, 0.2) is 10.5 Å². The molecule has 19 heavy (non-hydrogen) atoms. The number of halogens is 2. The van der Waals surface area contributed by atoms with Crippen molar-refractivity contribution < 1.29 is 4.74 Å². The van der Waals surface area contributed by atoms with Gasteiger partial charge in [0.25, 0.3) is 0 Å². The number of hydrogen-bond acceptors (Lipinski definition) is 3. The molecule has 2 N–H and O–H groups in total. The highest BCUT2D eigenvalue weighted by Gasteiger charge is 2.15. The van der Waals surface area contributed by atoms with Crippen molar-refractivity contribution in [3.05, 3.63) is 21.3 Å². The highest BCUT2D eigenvalue weighted by Crippen LogP contribution is 2.25. The first-order chi connectivity index (χ1) is 9.06. The lowest BCUT2D eigenvalue weighted by Gasteiger charge is -2.14. The summed E-state index contributed by atoms with van der Waals surface area (Å²) in [7, 11) is 0. The fraction of sp³-hybridized carbons (Fsp3) is 0.500. The Labute approximate surface area is 131 Å². The van der Waals surface area contributed by atoms with Gasteiger partial charge >= 0.3 is 0 Å². The fourth-order valence-corrected chi connectivity index (χ4v) is 2.64. The van der Waals surface area contributed by atoms with Crippen LogP contribution < -0.4 is 10.6 Å². The second kappa shape index (κ2) is 6.83. The minimum Gasteiger partial charge on any atom is -0.376 e. The van der Waals surface area contributed by atoms with Gasteiger partial charge in [0, 0.05) is 17.6 Å². The smallest absolute Gasteiger partial charge is 0.172 e. The molecule has 0 aromatic carbocycles. The number of thiocarbonyl (C=S) groups is 1. The summed E-state index contributed by atoms with van der Waals surface area (Å²) in [6.07, 6.45) is 2.44. The number of nitrogens with zero attached hydrogens (tertiary/aromatic N) is 1. The molecule has 0 aliphatic carbocycles. The van der Waals surface area contributed by atoms with Crippen LogP contribution in [0.1, 0.15) is 18.5 Å². The third-order valence-corrected chi connectivity index (χ3v) is 4.19. The molecule has 4 nitrogen and oxygen atoms in total. The summed E-state index contributed by atoms with van der Waals surface area (Å²) in [4.78, 5) is 4.34. The number of pyridine rings is 1. The SMILES string of the molecule is Cc1nc(NC(=S)NCC2CCCO2)c(Cl)cc1Br. The molecule has 1 aliphatic rings. The van der Waals surface area contributed by atoms with Gasteiger partial charge in [-0.1, -0.05) is 11.6 Å². The van der Waals surface area contributed by atoms with Gasteiger partial charge in [0.05, 0.1) is 16.8 Å². The van der Waals surface area contributed by atoms with E-state index < -0.39 is 0 Å². The normalized spacial score (nSPS) is 18.4. The zero-order chi connectivity index (χ0) is 13.8. The zero-order valence-electron chi connectivity index (χ0n) is 10.5. The molecule has 0 amide bonds. The molecular formula is C12H15BrClN3OS. The third-order valence-electron chi connectivity index (χ3n) is 2.85. The molecule has 2 heterocycles. The van der Waals surface area contributed by atoms with Gasteiger partial charge in [-0.2, -0.15) is 0 Å². The maximum Gasteiger partial charge on any atom is 0.172 e. The van der Waals surface area contributed by atoms with E-state index in [0.717, 1.165) is 29.6 Å². The van der Waals surface area contributed by atoms with Crippen molar-refractivity contribution in [3.8, 4) is 0 Å². The molecule has 1 aromatic rings. The summed E-state index contributed by atoms with van der Waals surface area (Å²) in [6, 6.07) is 1.80. The van der Waals surface area contributed by atoms with Crippen LogP contribution in [0, 0.1) is 6.92 Å². The number of aryl methyl sites for hydroxylation is 1. The van der Waals surface area contributed by atoms with Crippen LogP contribution in [0.2, 0.25) is 5.02 Å². The van der Waals surface area contributed by atoms with Gasteiger partial charge in [-0.05, 0) is 54.0 Å². The van der Waals surface area contributed by atoms with Crippen LogP contribution in [-0.2, 0) is 4.74 Å². The first-order valence-electron chi connectivity index (χ1n) is 6.05. The molecule has 104 valence electrons. The van der Waals surface area contributed by atoms with Crippen molar-refractivity contribution in [1.29, 1.82) is 0 Å². The maximum absolute atomic E-state index is 6.11. The minimum absolute atomic E-state index is 0.245. The van der Waals surface area contributed by atoms with E-state index >= 15 is 0 Å². The Morgan fingerprint density at radius 1 is 1.68 bits per heavy atom. The third kappa shape index (κ3) is 4.27. The minimum atomic E-state index is 0.245. The molecule has 0 bridgehead atoms. The Hall–Kier alpha value is -0.430. The van der Waals surface area contributed by atoms with Gasteiger partial charge in [0.2, 0.25) is 0 Å². The highest BCUT2D eigenvalue weighted by molar-refractivity contribution is 9.10. The Bertz CT molecular complexity index is 480. The van der Waals surface area contributed by atoms with Crippen LogP contribution >= 0.6 is 39.7 Å². The van der Waals surface area contributed by atoms with Gasteiger partial charge in [0.1, 0.15) is 0 Å². The van der Waals surface area contributed by atoms with Crippen LogP contribution in [0.4, 0.5) is 5.82 Å². The topological polar surface area (TPSA) is 46.2 Å². The van der Waals surface area contributed by atoms with Crippen molar-refractivity contribution in [1.82, 2.24) is 10.3 Å². The molecule has 2 rings (SSSR count). The van der Waals surface area contributed by atoms with Crippen LogP contribution in [0.3, 0.4) is 0 Å². The fourth-order valence-electron chi connectivity index (χ4n) is 1.81. The number of hydrogen-bond donors (Lipinski definition) is 2. The maximum atomic E-state index is 6.11. The highest BCUT2D eigenvalue weighted by atomic mass is 79.9.